The number of aromatic nitrogens is 1. The molecule has 10 nitrogen and oxygen atoms in total. The molecule has 1 aromatic carbocycles. The summed E-state index contributed by atoms with van der Waals surface area (Å²) in [5, 5.41) is 8.85. The predicted octanol–water partition coefficient (Wildman–Crippen LogP) is 2.84. The smallest absolute Gasteiger partial charge is 0.255 e. The number of anilines is 4. The van der Waals surface area contributed by atoms with Crippen LogP contribution in [0.5, 0.6) is 0 Å². The molecule has 3 saturated heterocycles. The molecule has 0 saturated carbocycles. The highest BCUT2D eigenvalue weighted by Gasteiger charge is 2.34. The highest BCUT2D eigenvalue weighted by Crippen LogP contribution is 2.34. The van der Waals surface area contributed by atoms with Crippen molar-refractivity contribution in [1.29, 1.82) is 0 Å². The van der Waals surface area contributed by atoms with Crippen LogP contribution in [-0.2, 0) is 16.1 Å². The number of nitrogens with one attached hydrogen (secondary N) is 3. The number of nitrogens with zero attached hydrogens (tertiary/aromatic N) is 4. The first-order valence-corrected chi connectivity index (χ1v) is 14.2. The van der Waals surface area contributed by atoms with Gasteiger partial charge in [0.15, 0.2) is 11.6 Å². The van der Waals surface area contributed by atoms with Gasteiger partial charge >= 0.3 is 0 Å². The molecule has 3 N–H and O–H groups in total. The van der Waals surface area contributed by atoms with Gasteiger partial charge in [-0.1, -0.05) is 6.58 Å². The lowest BCUT2D eigenvalue weighted by atomic mass is 10.0. The zero-order valence-corrected chi connectivity index (χ0v) is 23.1. The van der Waals surface area contributed by atoms with Crippen LogP contribution in [0.25, 0.3) is 0 Å². The van der Waals surface area contributed by atoms with Gasteiger partial charge in [-0.2, -0.15) is 0 Å². The van der Waals surface area contributed by atoms with E-state index in [4.69, 9.17) is 4.74 Å². The molecule has 2 amide bonds. The Bertz CT molecular complexity index is 1370. The number of hydrogen-bond donors (Lipinski definition) is 3. The van der Waals surface area contributed by atoms with Crippen LogP contribution < -0.4 is 20.9 Å². The van der Waals surface area contributed by atoms with Crippen molar-refractivity contribution in [2.75, 3.05) is 61.5 Å². The Morgan fingerprint density at radius 3 is 2.73 bits per heavy atom. The number of likely N-dealkylation sites (tertiary alicyclic amines) is 1. The Kier molecular flexibility index (Phi) is 7.52. The van der Waals surface area contributed by atoms with Crippen LogP contribution in [0.3, 0.4) is 0 Å². The number of hydrogen-bond acceptors (Lipinski definition) is 8. The average Bonchev–Trinajstić information content (AvgIpc) is 3.32. The number of carbonyl (C=O) groups excluding carboxylic acids is 2. The molecule has 41 heavy (non-hydrogen) atoms. The molecule has 0 spiro atoms. The first-order valence-electron chi connectivity index (χ1n) is 14.2. The van der Waals surface area contributed by atoms with Crippen LogP contribution >= 0.6 is 0 Å². The second-order valence-corrected chi connectivity index (χ2v) is 11.2. The summed E-state index contributed by atoms with van der Waals surface area (Å²) in [7, 11) is 0. The minimum atomic E-state index is -0.612. The number of fused-ring (bicyclic) bond motifs is 1. The molecule has 2 atom stereocenters. The zero-order chi connectivity index (χ0) is 28.7. The average molecular weight is 568 g/mol. The van der Waals surface area contributed by atoms with Gasteiger partial charge in [-0.05, 0) is 44.0 Å². The van der Waals surface area contributed by atoms with Gasteiger partial charge < -0.3 is 30.5 Å². The summed E-state index contributed by atoms with van der Waals surface area (Å²) >= 11 is 0. The molecule has 1 aromatic heterocycles. The first kappa shape index (κ1) is 27.4. The fourth-order valence-electron chi connectivity index (χ4n) is 6.15. The van der Waals surface area contributed by atoms with Gasteiger partial charge in [0.1, 0.15) is 11.6 Å². The van der Waals surface area contributed by atoms with E-state index in [1.165, 1.54) is 12.1 Å². The summed E-state index contributed by atoms with van der Waals surface area (Å²) in [6.07, 6.45) is 2.75. The van der Waals surface area contributed by atoms with Gasteiger partial charge in [-0.3, -0.25) is 14.5 Å². The van der Waals surface area contributed by atoms with Gasteiger partial charge in [0.25, 0.3) is 5.91 Å². The third-order valence-electron chi connectivity index (χ3n) is 8.45. The molecular weight excluding hydrogens is 532 g/mol. The lowest BCUT2D eigenvalue weighted by Crippen LogP contribution is -2.59. The highest BCUT2D eigenvalue weighted by molar-refractivity contribution is 6.03. The van der Waals surface area contributed by atoms with E-state index in [9.17, 15) is 9.59 Å². The first-order chi connectivity index (χ1) is 19.8. The van der Waals surface area contributed by atoms with Crippen LogP contribution in [0.4, 0.5) is 31.8 Å². The van der Waals surface area contributed by atoms with Gasteiger partial charge in [0.2, 0.25) is 5.91 Å². The van der Waals surface area contributed by atoms with Crippen LogP contribution in [0, 0.1) is 11.6 Å². The normalized spacial score (nSPS) is 23.0. The molecule has 5 heterocycles. The summed E-state index contributed by atoms with van der Waals surface area (Å²) in [5.74, 6) is -1.49. The molecule has 4 aliphatic heterocycles. The molecule has 3 fully saturated rings. The quantitative estimate of drug-likeness (QED) is 0.440. The van der Waals surface area contributed by atoms with Crippen molar-refractivity contribution in [3.8, 4) is 0 Å². The summed E-state index contributed by atoms with van der Waals surface area (Å²) in [6, 6.07) is 5.22. The van der Waals surface area contributed by atoms with E-state index in [1.54, 1.807) is 17.0 Å². The number of amides is 2. The highest BCUT2D eigenvalue weighted by atomic mass is 19.1. The largest absolute Gasteiger partial charge is 0.378 e. The predicted molar refractivity (Wildman–Crippen MR) is 151 cm³/mol. The van der Waals surface area contributed by atoms with E-state index in [-0.39, 0.29) is 47.3 Å². The molecule has 12 heteroatoms. The summed E-state index contributed by atoms with van der Waals surface area (Å²) in [5.41, 5.74) is 1.22. The van der Waals surface area contributed by atoms with Gasteiger partial charge in [-0.15, -0.1) is 0 Å². The van der Waals surface area contributed by atoms with Crippen LogP contribution in [0.15, 0.2) is 30.9 Å². The summed E-state index contributed by atoms with van der Waals surface area (Å²) in [4.78, 5) is 35.3. The third kappa shape index (κ3) is 5.33. The molecule has 4 aliphatic rings. The zero-order valence-electron chi connectivity index (χ0n) is 23.1. The number of halogens is 2. The second-order valence-electron chi connectivity index (χ2n) is 11.2. The van der Waals surface area contributed by atoms with Crippen LogP contribution in [0.2, 0.25) is 0 Å². The number of carbonyl (C=O) groups is 2. The number of pyridine rings is 1. The Hall–Kier alpha value is -3.77. The monoisotopic (exact) mass is 567 g/mol. The topological polar surface area (TPSA) is 102 Å². The summed E-state index contributed by atoms with van der Waals surface area (Å²) in [6.45, 7) is 10.6. The Morgan fingerprint density at radius 2 is 2.02 bits per heavy atom. The number of piperazine rings is 1. The van der Waals surface area contributed by atoms with Crippen molar-refractivity contribution in [2.45, 2.75) is 44.4 Å². The van der Waals surface area contributed by atoms with Crippen LogP contribution in [0.1, 0.15) is 35.7 Å². The Morgan fingerprint density at radius 1 is 1.20 bits per heavy atom. The fraction of sp³-hybridized carbons (Fsp3) is 0.483. The lowest BCUT2D eigenvalue weighted by molar-refractivity contribution is -0.127. The molecule has 6 rings (SSSR count). The molecule has 0 unspecified atom stereocenters. The standard InChI is InChI=1S/C29H35F2N7O3/c1-3-24(39)37-8-4-5-19(14-37)34-28-26(31)21-12-32-29(40)25(21)27(35-28)33-18-6-7-23(22(30)11-18)38-10-9-36(13-17(38)2)20-15-41-16-20/h3,6-7,11,17,19-20H,1,4-5,8-10,12-16H2,2H3,(H,32,40)(H2,33,34,35)/t17-,19+/m0/s1. The van der Waals surface area contributed by atoms with Gasteiger partial charge in [0.05, 0.1) is 30.5 Å². The maximum Gasteiger partial charge on any atom is 0.255 e. The Balaban J connectivity index is 1.21. The third-order valence-corrected chi connectivity index (χ3v) is 8.45. The number of benzene rings is 1. The van der Waals surface area contributed by atoms with E-state index in [0.29, 0.717) is 37.1 Å². The number of rotatable bonds is 7. The van der Waals surface area contributed by atoms with Gasteiger partial charge in [-0.25, -0.2) is 13.8 Å². The van der Waals surface area contributed by atoms with Crippen molar-refractivity contribution in [1.82, 2.24) is 20.1 Å². The van der Waals surface area contributed by atoms with E-state index >= 15 is 8.78 Å². The lowest BCUT2D eigenvalue weighted by Gasteiger charge is -2.46. The minimum Gasteiger partial charge on any atom is -0.378 e. The van der Waals surface area contributed by atoms with E-state index in [0.717, 1.165) is 39.1 Å². The van der Waals surface area contributed by atoms with E-state index < -0.39 is 17.5 Å². The van der Waals surface area contributed by atoms with E-state index in [2.05, 4.69) is 44.2 Å². The fourth-order valence-corrected chi connectivity index (χ4v) is 6.15. The van der Waals surface area contributed by atoms with Crippen molar-refractivity contribution in [3.05, 3.63) is 53.6 Å². The van der Waals surface area contributed by atoms with Crippen molar-refractivity contribution >= 4 is 34.8 Å². The van der Waals surface area contributed by atoms with Crippen LogP contribution in [-0.4, -0.2) is 90.7 Å². The number of piperidine rings is 1. The maximum absolute atomic E-state index is 15.5. The van der Waals surface area contributed by atoms with Crippen molar-refractivity contribution in [3.63, 3.8) is 0 Å². The molecular formula is C29H35F2N7O3. The Labute approximate surface area is 237 Å². The summed E-state index contributed by atoms with van der Waals surface area (Å²) < 4.78 is 36.3. The maximum atomic E-state index is 15.5. The molecule has 2 aromatic rings. The van der Waals surface area contributed by atoms with E-state index in [1.807, 2.05) is 0 Å². The van der Waals surface area contributed by atoms with Crippen molar-refractivity contribution in [2.24, 2.45) is 0 Å². The minimum absolute atomic E-state index is 0.0127. The molecule has 0 radical (unpaired) electrons. The molecule has 218 valence electrons. The van der Waals surface area contributed by atoms with Crippen molar-refractivity contribution < 1.29 is 23.1 Å². The molecule has 0 aliphatic carbocycles. The SMILES string of the molecule is C=CC(=O)N1CCC[C@@H](Nc2nc(Nc3ccc(N4CCN(C5COC5)C[C@@H]4C)c(F)c3)c3c(c2F)CNC3=O)C1. The number of ether oxygens (including phenoxy) is 1. The second kappa shape index (κ2) is 11.2. The van der Waals surface area contributed by atoms with Gasteiger partial charge in [0, 0.05) is 62.6 Å². The molecule has 0 bridgehead atoms.